The molecule has 0 bridgehead atoms. The molecular weight excluding hydrogens is 288 g/mol. The van der Waals surface area contributed by atoms with E-state index in [2.05, 4.69) is 17.2 Å². The van der Waals surface area contributed by atoms with Gasteiger partial charge in [0.1, 0.15) is 11.3 Å². The van der Waals surface area contributed by atoms with Crippen molar-refractivity contribution in [1.82, 2.24) is 10.3 Å². The summed E-state index contributed by atoms with van der Waals surface area (Å²) in [6, 6.07) is 0. The first-order valence-electron chi connectivity index (χ1n) is 7.33. The van der Waals surface area contributed by atoms with Gasteiger partial charge in [-0.2, -0.15) is 0 Å². The van der Waals surface area contributed by atoms with Crippen LogP contribution in [0.5, 0.6) is 0 Å². The van der Waals surface area contributed by atoms with Crippen LogP contribution in [-0.2, 0) is 9.53 Å². The molecule has 1 aromatic heterocycles. The molecular formula is C15H26N2O3S. The lowest BCUT2D eigenvalue weighted by Crippen LogP contribution is -2.50. The van der Waals surface area contributed by atoms with Gasteiger partial charge in [-0.1, -0.05) is 18.7 Å². The Labute approximate surface area is 131 Å². The van der Waals surface area contributed by atoms with Crippen LogP contribution in [0.3, 0.4) is 0 Å². The highest BCUT2D eigenvalue weighted by molar-refractivity contribution is 7.99. The van der Waals surface area contributed by atoms with Gasteiger partial charge >= 0.3 is 5.97 Å². The third-order valence-electron chi connectivity index (χ3n) is 3.46. The van der Waals surface area contributed by atoms with E-state index in [0.29, 0.717) is 5.22 Å². The van der Waals surface area contributed by atoms with Gasteiger partial charge in [0, 0.05) is 5.75 Å². The monoisotopic (exact) mass is 314 g/mol. The third-order valence-corrected chi connectivity index (χ3v) is 4.37. The van der Waals surface area contributed by atoms with E-state index in [1.807, 2.05) is 20.8 Å². The molecule has 0 aliphatic carbocycles. The van der Waals surface area contributed by atoms with Crippen LogP contribution in [0.4, 0.5) is 0 Å². The van der Waals surface area contributed by atoms with Crippen LogP contribution in [0.2, 0.25) is 0 Å². The molecule has 0 aromatic carbocycles. The average Bonchev–Trinajstić information content (AvgIpc) is 2.79. The zero-order valence-corrected chi connectivity index (χ0v) is 14.4. The van der Waals surface area contributed by atoms with Crippen molar-refractivity contribution in [3.05, 3.63) is 11.5 Å². The van der Waals surface area contributed by atoms with E-state index in [0.717, 1.165) is 43.0 Å². The fourth-order valence-electron chi connectivity index (χ4n) is 1.98. The van der Waals surface area contributed by atoms with Crippen LogP contribution in [0, 0.1) is 13.8 Å². The van der Waals surface area contributed by atoms with Gasteiger partial charge in [-0.3, -0.25) is 4.79 Å². The number of rotatable bonds is 9. The van der Waals surface area contributed by atoms with Gasteiger partial charge in [-0.25, -0.2) is 4.98 Å². The number of hydrogen-bond donors (Lipinski definition) is 1. The van der Waals surface area contributed by atoms with E-state index in [1.54, 1.807) is 11.8 Å². The molecule has 0 aliphatic rings. The number of ether oxygens (including phenoxy) is 1. The van der Waals surface area contributed by atoms with Gasteiger partial charge in [-0.15, -0.1) is 0 Å². The molecule has 0 spiro atoms. The van der Waals surface area contributed by atoms with Crippen LogP contribution in [0.25, 0.3) is 0 Å². The highest BCUT2D eigenvalue weighted by Crippen LogP contribution is 2.23. The molecule has 1 N–H and O–H groups in total. The lowest BCUT2D eigenvalue weighted by atomic mass is 9.96. The number of aromatic nitrogens is 1. The molecule has 120 valence electrons. The lowest BCUT2D eigenvalue weighted by Gasteiger charge is -2.27. The minimum atomic E-state index is -0.617. The van der Waals surface area contributed by atoms with Crippen molar-refractivity contribution in [2.45, 2.75) is 57.7 Å². The molecule has 0 aliphatic heterocycles. The Morgan fingerprint density at radius 3 is 2.71 bits per heavy atom. The zero-order valence-electron chi connectivity index (χ0n) is 13.6. The van der Waals surface area contributed by atoms with Gasteiger partial charge in [0.15, 0.2) is 0 Å². The standard InChI is InChI=1S/C15H26N2O3S/c1-6-9-16-15(4,13(18)19-5)8-7-10-21-14-17-11(2)12(3)20-14/h16H,6-10H2,1-5H3. The fraction of sp³-hybridized carbons (Fsp3) is 0.733. The molecule has 21 heavy (non-hydrogen) atoms. The minimum absolute atomic E-state index is 0.205. The number of hydrogen-bond acceptors (Lipinski definition) is 6. The largest absolute Gasteiger partial charge is 0.468 e. The Kier molecular flexibility index (Phi) is 7.25. The van der Waals surface area contributed by atoms with E-state index < -0.39 is 5.54 Å². The number of methoxy groups -OCH3 is 1. The molecule has 1 rings (SSSR count). The average molecular weight is 314 g/mol. The van der Waals surface area contributed by atoms with Crippen LogP contribution < -0.4 is 5.32 Å². The SMILES string of the molecule is CCCNC(C)(CCCSc1nc(C)c(C)o1)C(=O)OC. The van der Waals surface area contributed by atoms with Crippen molar-refractivity contribution in [2.75, 3.05) is 19.4 Å². The Hall–Kier alpha value is -1.01. The summed E-state index contributed by atoms with van der Waals surface area (Å²) in [4.78, 5) is 16.3. The summed E-state index contributed by atoms with van der Waals surface area (Å²) in [6.45, 7) is 8.63. The molecule has 1 atom stereocenters. The lowest BCUT2D eigenvalue weighted by molar-refractivity contribution is -0.148. The Bertz CT molecular complexity index is 442. The number of carbonyl (C=O) groups is 1. The van der Waals surface area contributed by atoms with Crippen LogP contribution >= 0.6 is 11.8 Å². The predicted octanol–water partition coefficient (Wildman–Crippen LogP) is 3.10. The summed E-state index contributed by atoms with van der Waals surface area (Å²) < 4.78 is 10.4. The van der Waals surface area contributed by atoms with Crippen LogP contribution in [0.15, 0.2) is 9.64 Å². The van der Waals surface area contributed by atoms with Gasteiger partial charge in [-0.05, 0) is 46.6 Å². The summed E-state index contributed by atoms with van der Waals surface area (Å²) in [5.41, 5.74) is 0.315. The van der Waals surface area contributed by atoms with E-state index in [1.165, 1.54) is 7.11 Å². The van der Waals surface area contributed by atoms with Crippen LogP contribution in [-0.4, -0.2) is 35.9 Å². The van der Waals surface area contributed by atoms with E-state index in [4.69, 9.17) is 9.15 Å². The Balaban J connectivity index is 2.44. The smallest absolute Gasteiger partial charge is 0.325 e. The Morgan fingerprint density at radius 2 is 2.19 bits per heavy atom. The fourth-order valence-corrected chi connectivity index (χ4v) is 2.83. The second-order valence-electron chi connectivity index (χ2n) is 5.32. The van der Waals surface area contributed by atoms with Crippen molar-refractivity contribution in [2.24, 2.45) is 0 Å². The number of oxazole rings is 1. The van der Waals surface area contributed by atoms with E-state index in [-0.39, 0.29) is 5.97 Å². The van der Waals surface area contributed by atoms with Gasteiger partial charge in [0.05, 0.1) is 12.8 Å². The van der Waals surface area contributed by atoms with Crippen LogP contribution in [0.1, 0.15) is 44.6 Å². The zero-order chi connectivity index (χ0) is 15.9. The number of nitrogens with one attached hydrogen (secondary N) is 1. The molecule has 1 unspecified atom stereocenters. The first-order chi connectivity index (χ1) is 9.92. The van der Waals surface area contributed by atoms with Crippen molar-refractivity contribution < 1.29 is 13.9 Å². The van der Waals surface area contributed by atoms with Gasteiger partial charge < -0.3 is 14.5 Å². The first kappa shape index (κ1) is 18.0. The molecule has 5 nitrogen and oxygen atoms in total. The van der Waals surface area contributed by atoms with Crippen molar-refractivity contribution >= 4 is 17.7 Å². The number of esters is 1. The predicted molar refractivity (Wildman–Crippen MR) is 84.6 cm³/mol. The number of carbonyl (C=O) groups excluding carboxylic acids is 1. The molecule has 1 aromatic rings. The highest BCUT2D eigenvalue weighted by atomic mass is 32.2. The molecule has 0 amide bonds. The summed E-state index contributed by atoms with van der Waals surface area (Å²) in [5, 5.41) is 3.99. The number of thioether (sulfide) groups is 1. The van der Waals surface area contributed by atoms with E-state index in [9.17, 15) is 4.79 Å². The molecule has 0 radical (unpaired) electrons. The normalized spacial score (nSPS) is 14.0. The summed E-state index contributed by atoms with van der Waals surface area (Å²) >= 11 is 1.58. The summed E-state index contributed by atoms with van der Waals surface area (Å²) in [5.74, 6) is 1.52. The van der Waals surface area contributed by atoms with Gasteiger partial charge in [0.25, 0.3) is 5.22 Å². The highest BCUT2D eigenvalue weighted by Gasteiger charge is 2.32. The second kappa shape index (κ2) is 8.44. The third kappa shape index (κ3) is 5.36. The summed E-state index contributed by atoms with van der Waals surface area (Å²) in [7, 11) is 1.43. The number of nitrogens with zero attached hydrogens (tertiary/aromatic N) is 1. The Morgan fingerprint density at radius 1 is 1.48 bits per heavy atom. The molecule has 0 saturated carbocycles. The molecule has 1 heterocycles. The van der Waals surface area contributed by atoms with Gasteiger partial charge in [0.2, 0.25) is 0 Å². The topological polar surface area (TPSA) is 64.4 Å². The van der Waals surface area contributed by atoms with Crippen molar-refractivity contribution in [1.29, 1.82) is 0 Å². The van der Waals surface area contributed by atoms with E-state index >= 15 is 0 Å². The first-order valence-corrected chi connectivity index (χ1v) is 8.31. The maximum Gasteiger partial charge on any atom is 0.325 e. The van der Waals surface area contributed by atoms with Crippen molar-refractivity contribution in [3.63, 3.8) is 0 Å². The maximum atomic E-state index is 11.9. The number of aryl methyl sites for hydroxylation is 2. The van der Waals surface area contributed by atoms with Crippen molar-refractivity contribution in [3.8, 4) is 0 Å². The maximum absolute atomic E-state index is 11.9. The second-order valence-corrected chi connectivity index (χ2v) is 6.37. The minimum Gasteiger partial charge on any atom is -0.468 e. The summed E-state index contributed by atoms with van der Waals surface area (Å²) in [6.07, 6.45) is 2.59. The molecule has 6 heteroatoms. The quantitative estimate of drug-likeness (QED) is 0.429. The molecule has 0 fully saturated rings. The molecule has 0 saturated heterocycles.